The molecule has 7 rings (SSSR count). The van der Waals surface area contributed by atoms with Gasteiger partial charge in [-0.1, -0.05) is 66.7 Å². The number of nitrogens with zero attached hydrogens (tertiary/aromatic N) is 1. The number of hydrogen-bond donors (Lipinski definition) is 2. The maximum atomic E-state index is 14.1. The smallest absolute Gasteiger partial charge is 0.425 e. The highest BCUT2D eigenvalue weighted by molar-refractivity contribution is 6.09. The van der Waals surface area contributed by atoms with Crippen molar-refractivity contribution in [3.05, 3.63) is 101 Å². The first kappa shape index (κ1) is 28.0. The maximum Gasteiger partial charge on any atom is 0.425 e. The molecule has 2 heterocycles. The molecule has 2 fully saturated rings. The van der Waals surface area contributed by atoms with Gasteiger partial charge in [0.1, 0.15) is 17.6 Å². The molecule has 0 aromatic heterocycles. The Morgan fingerprint density at radius 2 is 1.77 bits per heavy atom. The van der Waals surface area contributed by atoms with E-state index in [1.54, 1.807) is 12.1 Å². The van der Waals surface area contributed by atoms with Gasteiger partial charge in [-0.25, -0.2) is 0 Å². The Morgan fingerprint density at radius 3 is 2.49 bits per heavy atom. The number of amides is 1. The molecule has 224 valence electrons. The minimum absolute atomic E-state index is 0.0564. The van der Waals surface area contributed by atoms with Crippen LogP contribution in [0.25, 0.3) is 5.76 Å². The summed E-state index contributed by atoms with van der Waals surface area (Å²) in [5, 5.41) is 13.1. The Morgan fingerprint density at radius 1 is 1.05 bits per heavy atom. The Bertz CT molecular complexity index is 1590. The number of likely N-dealkylation sites (N-methyl/N-ethyl adjacent to an activating group) is 1. The van der Waals surface area contributed by atoms with Crippen LogP contribution in [0.5, 0.6) is 5.75 Å². The van der Waals surface area contributed by atoms with Crippen LogP contribution >= 0.6 is 0 Å². The molecule has 1 saturated carbocycles. The quantitative estimate of drug-likeness (QED) is 0.185. The van der Waals surface area contributed by atoms with Gasteiger partial charge in [0.25, 0.3) is 5.91 Å². The number of nitrogens with one attached hydrogen (secondary N) is 1. The summed E-state index contributed by atoms with van der Waals surface area (Å²) in [5.41, 5.74) is 1.96. The van der Waals surface area contributed by atoms with Crippen molar-refractivity contribution in [3.63, 3.8) is 0 Å². The summed E-state index contributed by atoms with van der Waals surface area (Å²) >= 11 is 0. The van der Waals surface area contributed by atoms with Crippen molar-refractivity contribution in [3.8, 4) is 5.75 Å². The summed E-state index contributed by atoms with van der Waals surface area (Å²) in [5.74, 6) is -1.58. The van der Waals surface area contributed by atoms with E-state index in [2.05, 4.69) is 36.6 Å². The molecule has 5 nitrogen and oxygen atoms in total. The summed E-state index contributed by atoms with van der Waals surface area (Å²) in [6.45, 7) is 2.07. The fraction of sp³-hybridized carbons (Fsp3) is 0.400. The van der Waals surface area contributed by atoms with Crippen LogP contribution in [-0.4, -0.2) is 54.0 Å². The highest BCUT2D eigenvalue weighted by Gasteiger charge is 2.66. The molecule has 2 aliphatic heterocycles. The monoisotopic (exact) mass is 589 g/mol. The van der Waals surface area contributed by atoms with Crippen LogP contribution in [0.2, 0.25) is 0 Å². The third-order valence-corrected chi connectivity index (χ3v) is 10.7. The van der Waals surface area contributed by atoms with Gasteiger partial charge < -0.3 is 19.6 Å². The molecule has 1 unspecified atom stereocenters. The average molecular weight is 590 g/mol. The number of piperidine rings is 1. The number of rotatable bonds is 6. The highest BCUT2D eigenvalue weighted by Crippen LogP contribution is 2.64. The first-order valence-corrected chi connectivity index (χ1v) is 15.2. The van der Waals surface area contributed by atoms with Crippen LogP contribution < -0.4 is 10.1 Å². The first-order valence-electron chi connectivity index (χ1n) is 15.2. The minimum atomic E-state index is -5.06. The largest absolute Gasteiger partial charge is 0.506 e. The van der Waals surface area contributed by atoms with Gasteiger partial charge in [0.2, 0.25) is 0 Å². The molecule has 2 aliphatic carbocycles. The number of anilines is 1. The number of hydrogen-bond acceptors (Lipinski definition) is 3. The van der Waals surface area contributed by atoms with Crippen LogP contribution in [-0.2, 0) is 23.1 Å². The number of aliphatic hydroxyl groups excluding tert-OH is 1. The van der Waals surface area contributed by atoms with Gasteiger partial charge in [-0.2, -0.15) is 13.2 Å². The zero-order valence-electron chi connectivity index (χ0n) is 24.2. The fourth-order valence-electron chi connectivity index (χ4n) is 8.69. The van der Waals surface area contributed by atoms with Crippen molar-refractivity contribution in [2.45, 2.75) is 62.3 Å². The maximum absolute atomic E-state index is 14.1. The number of halogens is 3. The summed E-state index contributed by atoms with van der Waals surface area (Å²) in [6.07, 6.45) is 0.766. The van der Waals surface area contributed by atoms with E-state index >= 15 is 0 Å². The molecule has 8 heteroatoms. The lowest BCUT2D eigenvalue weighted by molar-refractivity contribution is -0.945. The van der Waals surface area contributed by atoms with Gasteiger partial charge in [-0.3, -0.25) is 4.79 Å². The Labute approximate surface area is 249 Å². The van der Waals surface area contributed by atoms with Gasteiger partial charge in [0, 0.05) is 36.3 Å². The van der Waals surface area contributed by atoms with E-state index in [4.69, 9.17) is 4.74 Å². The molecular formula is C35H36F3N2O3+. The highest BCUT2D eigenvalue weighted by atomic mass is 19.4. The summed E-state index contributed by atoms with van der Waals surface area (Å²) in [7, 11) is 2.39. The summed E-state index contributed by atoms with van der Waals surface area (Å²) in [4.78, 5) is 13.2. The Hall–Kier alpha value is -3.78. The molecule has 0 radical (unpaired) electrons. The van der Waals surface area contributed by atoms with E-state index in [1.807, 2.05) is 12.1 Å². The number of quaternary nitrogens is 1. The van der Waals surface area contributed by atoms with Crippen molar-refractivity contribution in [1.29, 1.82) is 0 Å². The molecule has 1 saturated heterocycles. The van der Waals surface area contributed by atoms with E-state index in [9.17, 15) is 23.1 Å². The number of benzene rings is 3. The van der Waals surface area contributed by atoms with Gasteiger partial charge in [0.05, 0.1) is 37.3 Å². The molecule has 1 spiro atoms. The number of carbonyl (C=O) groups excluding carboxylic acids is 1. The third kappa shape index (κ3) is 4.44. The SMILES string of the molecule is C[N+]1(CCc2ccccc2)CC[C@]23c4c5ccc(NC(=O)C(=C(O)c6ccccc6)C(F)(F)F)c4O[C@H]2CCC[C@H]3[C@H]1C5. The average Bonchev–Trinajstić information content (AvgIpc) is 3.34. The van der Waals surface area contributed by atoms with Gasteiger partial charge >= 0.3 is 6.18 Å². The lowest BCUT2D eigenvalue weighted by Crippen LogP contribution is -2.70. The Kier molecular flexibility index (Phi) is 6.61. The van der Waals surface area contributed by atoms with Crippen molar-refractivity contribution in [2.24, 2.45) is 5.92 Å². The van der Waals surface area contributed by atoms with Crippen molar-refractivity contribution in [2.75, 3.05) is 25.5 Å². The normalized spacial score (nSPS) is 29.3. The fourth-order valence-corrected chi connectivity index (χ4v) is 8.69. The molecule has 5 atom stereocenters. The molecule has 1 amide bonds. The second-order valence-corrected chi connectivity index (χ2v) is 12.9. The summed E-state index contributed by atoms with van der Waals surface area (Å²) in [6, 6.07) is 22.0. The molecule has 43 heavy (non-hydrogen) atoms. The van der Waals surface area contributed by atoms with E-state index < -0.39 is 23.4 Å². The van der Waals surface area contributed by atoms with Crippen molar-refractivity contribution < 1.29 is 32.3 Å². The predicted molar refractivity (Wildman–Crippen MR) is 159 cm³/mol. The molecular weight excluding hydrogens is 553 g/mol. The molecule has 2 bridgehead atoms. The second kappa shape index (κ2) is 10.2. The van der Waals surface area contributed by atoms with Gasteiger partial charge in [-0.05, 0) is 36.5 Å². The number of carbonyl (C=O) groups is 1. The van der Waals surface area contributed by atoms with Gasteiger partial charge in [0.15, 0.2) is 5.57 Å². The van der Waals surface area contributed by atoms with Crippen LogP contribution in [0.15, 0.2) is 78.4 Å². The van der Waals surface area contributed by atoms with Crippen LogP contribution in [0.3, 0.4) is 0 Å². The van der Waals surface area contributed by atoms with E-state index in [-0.39, 0.29) is 22.8 Å². The lowest BCUT2D eigenvalue weighted by Gasteiger charge is -2.60. The van der Waals surface area contributed by atoms with Crippen LogP contribution in [0.1, 0.15) is 47.9 Å². The van der Waals surface area contributed by atoms with E-state index in [0.717, 1.165) is 61.7 Å². The van der Waals surface area contributed by atoms with Gasteiger partial charge in [-0.15, -0.1) is 0 Å². The van der Waals surface area contributed by atoms with Crippen molar-refractivity contribution >= 4 is 17.4 Å². The van der Waals surface area contributed by atoms with Crippen LogP contribution in [0, 0.1) is 5.92 Å². The lowest BCUT2D eigenvalue weighted by atomic mass is 9.51. The number of aliphatic hydroxyl groups is 1. The van der Waals surface area contributed by atoms with E-state index in [0.29, 0.717) is 17.7 Å². The number of likely N-dealkylation sites (tertiary alicyclic amines) is 1. The van der Waals surface area contributed by atoms with E-state index in [1.165, 1.54) is 35.4 Å². The Balaban J connectivity index is 1.23. The first-order chi connectivity index (χ1) is 20.6. The predicted octanol–water partition coefficient (Wildman–Crippen LogP) is 6.97. The molecule has 3 aromatic carbocycles. The molecule has 2 N–H and O–H groups in total. The molecule has 3 aromatic rings. The topological polar surface area (TPSA) is 58.6 Å². The number of alkyl halides is 3. The summed E-state index contributed by atoms with van der Waals surface area (Å²) < 4.78 is 50.1. The zero-order valence-corrected chi connectivity index (χ0v) is 24.2. The second-order valence-electron chi connectivity index (χ2n) is 12.9. The number of ether oxygens (including phenoxy) is 1. The zero-order chi connectivity index (χ0) is 30.0. The minimum Gasteiger partial charge on any atom is -0.506 e. The van der Waals surface area contributed by atoms with Crippen LogP contribution in [0.4, 0.5) is 18.9 Å². The third-order valence-electron chi connectivity index (χ3n) is 10.7. The standard InChI is InChI=1S/C35H35F3N2O3/c1-40(19-17-22-9-4-2-5-10-22)20-18-34-25-13-8-14-28(34)43-32-26(16-15-24(29(32)34)21-27(25)40)39-33(42)30(35(36,37)38)31(41)23-11-6-3-7-12-23/h2-7,9-12,15-16,25,27-28H,8,13-14,17-21H2,1H3,(H-,39,41,42)/p+1/t25-,27+,28-,34+,40?/m0/s1. The van der Waals surface area contributed by atoms with Crippen molar-refractivity contribution in [1.82, 2.24) is 0 Å². The molecule has 4 aliphatic rings.